The van der Waals surface area contributed by atoms with E-state index in [0.29, 0.717) is 5.92 Å². The summed E-state index contributed by atoms with van der Waals surface area (Å²) in [4.78, 5) is 0. The highest BCUT2D eigenvalue weighted by Gasteiger charge is 2.06. The second kappa shape index (κ2) is 9.94. The maximum atomic E-state index is 5.90. The van der Waals surface area contributed by atoms with Crippen molar-refractivity contribution in [2.45, 2.75) is 27.3 Å². The minimum atomic E-state index is 0.651. The van der Waals surface area contributed by atoms with Gasteiger partial charge in [-0.05, 0) is 24.3 Å². The second-order valence-corrected chi connectivity index (χ2v) is 6.44. The van der Waals surface area contributed by atoms with Crippen LogP contribution in [-0.4, -0.2) is 31.8 Å². The van der Waals surface area contributed by atoms with Gasteiger partial charge in [0, 0.05) is 23.9 Å². The van der Waals surface area contributed by atoms with E-state index in [9.17, 15) is 0 Å². The van der Waals surface area contributed by atoms with Crippen molar-refractivity contribution in [3.05, 3.63) is 23.8 Å². The molecule has 1 aromatic carbocycles. The van der Waals surface area contributed by atoms with Gasteiger partial charge in [0.2, 0.25) is 0 Å². The molecule has 114 valence electrons. The SMILES string of the molecule is CCSCCOc1cc(OC)ccc1CNCC(C)C. The molecule has 0 aromatic heterocycles. The monoisotopic (exact) mass is 297 g/mol. The summed E-state index contributed by atoms with van der Waals surface area (Å²) in [5, 5.41) is 3.45. The molecule has 1 N–H and O–H groups in total. The Labute approximate surface area is 127 Å². The molecule has 0 atom stereocenters. The number of nitrogens with one attached hydrogen (secondary N) is 1. The third-order valence-electron chi connectivity index (χ3n) is 2.83. The molecular formula is C16H27NO2S. The fourth-order valence-electron chi connectivity index (χ4n) is 1.79. The normalized spacial score (nSPS) is 10.8. The van der Waals surface area contributed by atoms with Gasteiger partial charge in [-0.3, -0.25) is 0 Å². The van der Waals surface area contributed by atoms with Crippen LogP contribution in [0.3, 0.4) is 0 Å². The summed E-state index contributed by atoms with van der Waals surface area (Å²) in [5.74, 6) is 4.57. The molecule has 0 amide bonds. The van der Waals surface area contributed by atoms with Crippen LogP contribution in [0.1, 0.15) is 26.3 Å². The van der Waals surface area contributed by atoms with Crippen LogP contribution in [0, 0.1) is 5.92 Å². The Morgan fingerprint density at radius 1 is 1.30 bits per heavy atom. The molecule has 0 fully saturated rings. The third kappa shape index (κ3) is 6.53. The molecule has 0 radical (unpaired) electrons. The Bertz CT molecular complexity index is 383. The molecule has 0 aliphatic rings. The minimum absolute atomic E-state index is 0.651. The number of rotatable bonds is 10. The predicted molar refractivity (Wildman–Crippen MR) is 88.0 cm³/mol. The van der Waals surface area contributed by atoms with E-state index in [4.69, 9.17) is 9.47 Å². The molecule has 0 saturated carbocycles. The van der Waals surface area contributed by atoms with Gasteiger partial charge in [-0.25, -0.2) is 0 Å². The van der Waals surface area contributed by atoms with E-state index < -0.39 is 0 Å². The average molecular weight is 297 g/mol. The molecule has 0 spiro atoms. The number of thioether (sulfide) groups is 1. The molecule has 0 heterocycles. The maximum Gasteiger partial charge on any atom is 0.127 e. The lowest BCUT2D eigenvalue weighted by Crippen LogP contribution is -2.19. The van der Waals surface area contributed by atoms with Crippen LogP contribution in [0.5, 0.6) is 11.5 Å². The summed E-state index contributed by atoms with van der Waals surface area (Å²) in [6.07, 6.45) is 0. The molecule has 4 heteroatoms. The summed E-state index contributed by atoms with van der Waals surface area (Å²) >= 11 is 1.89. The van der Waals surface area contributed by atoms with Crippen molar-refractivity contribution in [1.82, 2.24) is 5.32 Å². The van der Waals surface area contributed by atoms with E-state index in [1.54, 1.807) is 7.11 Å². The molecule has 1 rings (SSSR count). The van der Waals surface area contributed by atoms with Crippen molar-refractivity contribution in [1.29, 1.82) is 0 Å². The highest BCUT2D eigenvalue weighted by atomic mass is 32.2. The first-order chi connectivity index (χ1) is 9.67. The second-order valence-electron chi connectivity index (χ2n) is 5.04. The molecule has 0 aliphatic carbocycles. The standard InChI is InChI=1S/C16H27NO2S/c1-5-20-9-8-19-16-10-15(18-4)7-6-14(16)12-17-11-13(2)3/h6-7,10,13,17H,5,8-9,11-12H2,1-4H3. The minimum Gasteiger partial charge on any atom is -0.497 e. The first kappa shape index (κ1) is 17.2. The lowest BCUT2D eigenvalue weighted by Gasteiger charge is -2.14. The Hall–Kier alpha value is -0.870. The molecule has 20 heavy (non-hydrogen) atoms. The van der Waals surface area contributed by atoms with Gasteiger partial charge in [0.25, 0.3) is 0 Å². The van der Waals surface area contributed by atoms with E-state index >= 15 is 0 Å². The Kier molecular flexibility index (Phi) is 8.54. The van der Waals surface area contributed by atoms with E-state index in [1.807, 2.05) is 23.9 Å². The third-order valence-corrected chi connectivity index (χ3v) is 3.70. The molecule has 3 nitrogen and oxygen atoms in total. The van der Waals surface area contributed by atoms with Crippen LogP contribution in [-0.2, 0) is 6.54 Å². The van der Waals surface area contributed by atoms with Gasteiger partial charge in [0.15, 0.2) is 0 Å². The van der Waals surface area contributed by atoms with Gasteiger partial charge in [0.1, 0.15) is 11.5 Å². The lowest BCUT2D eigenvalue weighted by atomic mass is 10.1. The van der Waals surface area contributed by atoms with Crippen LogP contribution in [0.25, 0.3) is 0 Å². The Morgan fingerprint density at radius 3 is 2.75 bits per heavy atom. The number of benzene rings is 1. The summed E-state index contributed by atoms with van der Waals surface area (Å²) < 4.78 is 11.2. The van der Waals surface area contributed by atoms with Gasteiger partial charge in [0.05, 0.1) is 13.7 Å². The van der Waals surface area contributed by atoms with E-state index in [-0.39, 0.29) is 0 Å². The van der Waals surface area contributed by atoms with E-state index in [1.165, 1.54) is 5.56 Å². The maximum absolute atomic E-state index is 5.90. The van der Waals surface area contributed by atoms with Gasteiger partial charge < -0.3 is 14.8 Å². The van der Waals surface area contributed by atoms with Crippen molar-refractivity contribution in [3.8, 4) is 11.5 Å². The van der Waals surface area contributed by atoms with Crippen molar-refractivity contribution < 1.29 is 9.47 Å². The van der Waals surface area contributed by atoms with Crippen LogP contribution < -0.4 is 14.8 Å². The Morgan fingerprint density at radius 2 is 2.10 bits per heavy atom. The quantitative estimate of drug-likeness (QED) is 0.669. The lowest BCUT2D eigenvalue weighted by molar-refractivity contribution is 0.334. The van der Waals surface area contributed by atoms with Gasteiger partial charge in [-0.2, -0.15) is 11.8 Å². The Balaban J connectivity index is 2.60. The summed E-state index contributed by atoms with van der Waals surface area (Å²) in [7, 11) is 1.68. The zero-order valence-electron chi connectivity index (χ0n) is 13.1. The predicted octanol–water partition coefficient (Wildman–Crippen LogP) is 3.57. The van der Waals surface area contributed by atoms with Gasteiger partial charge in [-0.1, -0.05) is 26.8 Å². The van der Waals surface area contributed by atoms with Crippen LogP contribution in [0.2, 0.25) is 0 Å². The van der Waals surface area contributed by atoms with Crippen molar-refractivity contribution in [2.75, 3.05) is 31.8 Å². The topological polar surface area (TPSA) is 30.5 Å². The number of hydrogen-bond donors (Lipinski definition) is 1. The van der Waals surface area contributed by atoms with Crippen molar-refractivity contribution in [3.63, 3.8) is 0 Å². The smallest absolute Gasteiger partial charge is 0.127 e. The molecule has 0 aliphatic heterocycles. The number of methoxy groups -OCH3 is 1. The molecule has 0 bridgehead atoms. The molecule has 0 unspecified atom stereocenters. The fourth-order valence-corrected chi connectivity index (χ4v) is 2.28. The average Bonchev–Trinajstić information content (AvgIpc) is 2.44. The first-order valence-corrected chi connectivity index (χ1v) is 8.41. The summed E-state index contributed by atoms with van der Waals surface area (Å²) in [6, 6.07) is 6.04. The van der Waals surface area contributed by atoms with E-state index in [2.05, 4.69) is 32.2 Å². The van der Waals surface area contributed by atoms with Gasteiger partial charge in [-0.15, -0.1) is 0 Å². The zero-order chi connectivity index (χ0) is 14.8. The van der Waals surface area contributed by atoms with E-state index in [0.717, 1.165) is 42.7 Å². The van der Waals surface area contributed by atoms with Gasteiger partial charge >= 0.3 is 0 Å². The first-order valence-electron chi connectivity index (χ1n) is 7.25. The number of hydrogen-bond acceptors (Lipinski definition) is 4. The van der Waals surface area contributed by atoms with Crippen LogP contribution in [0.4, 0.5) is 0 Å². The van der Waals surface area contributed by atoms with Crippen LogP contribution >= 0.6 is 11.8 Å². The zero-order valence-corrected chi connectivity index (χ0v) is 13.9. The van der Waals surface area contributed by atoms with Crippen LogP contribution in [0.15, 0.2) is 18.2 Å². The number of ether oxygens (including phenoxy) is 2. The molecule has 1 aromatic rings. The summed E-state index contributed by atoms with van der Waals surface area (Å²) in [5.41, 5.74) is 1.19. The molecular weight excluding hydrogens is 270 g/mol. The largest absolute Gasteiger partial charge is 0.497 e. The fraction of sp³-hybridized carbons (Fsp3) is 0.625. The summed E-state index contributed by atoms with van der Waals surface area (Å²) in [6.45, 7) is 9.16. The van der Waals surface area contributed by atoms with Crippen molar-refractivity contribution in [2.24, 2.45) is 5.92 Å². The molecule has 0 saturated heterocycles. The highest BCUT2D eigenvalue weighted by molar-refractivity contribution is 7.99. The highest BCUT2D eigenvalue weighted by Crippen LogP contribution is 2.25. The van der Waals surface area contributed by atoms with Crippen molar-refractivity contribution >= 4 is 11.8 Å².